The van der Waals surface area contributed by atoms with Gasteiger partial charge in [-0.05, 0) is 36.5 Å². The van der Waals surface area contributed by atoms with Gasteiger partial charge >= 0.3 is 0 Å². The molecule has 1 aromatic rings. The molecule has 0 aromatic heterocycles. The lowest BCUT2D eigenvalue weighted by atomic mass is 10.1. The molecule has 1 aliphatic heterocycles. The van der Waals surface area contributed by atoms with E-state index < -0.39 is 0 Å². The van der Waals surface area contributed by atoms with Crippen LogP contribution in [0, 0.1) is 5.82 Å². The van der Waals surface area contributed by atoms with Crippen LogP contribution in [0.15, 0.2) is 12.1 Å². The van der Waals surface area contributed by atoms with Gasteiger partial charge in [0.1, 0.15) is 17.7 Å². The molecule has 0 saturated carbocycles. The summed E-state index contributed by atoms with van der Waals surface area (Å²) < 4.78 is 24.2. The third kappa shape index (κ3) is 1.61. The normalized spacial score (nSPS) is 19.8. The van der Waals surface area contributed by atoms with Crippen LogP contribution in [-0.2, 0) is 17.6 Å². The number of benzene rings is 1. The van der Waals surface area contributed by atoms with Gasteiger partial charge in [-0.2, -0.15) is 0 Å². The standard InChI is InChI=1S/C12H13FO2/c13-12-5-9(15-10-6-14-7-10)4-8-2-1-3-11(8)12/h4-5,10H,1-3,6-7H2. The van der Waals surface area contributed by atoms with Crippen molar-refractivity contribution < 1.29 is 13.9 Å². The highest BCUT2D eigenvalue weighted by Crippen LogP contribution is 2.29. The molecule has 15 heavy (non-hydrogen) atoms. The van der Waals surface area contributed by atoms with Gasteiger partial charge < -0.3 is 9.47 Å². The van der Waals surface area contributed by atoms with E-state index in [0.29, 0.717) is 19.0 Å². The van der Waals surface area contributed by atoms with E-state index in [2.05, 4.69) is 0 Å². The van der Waals surface area contributed by atoms with Crippen molar-refractivity contribution in [1.29, 1.82) is 0 Å². The number of hydrogen-bond acceptors (Lipinski definition) is 2. The summed E-state index contributed by atoms with van der Waals surface area (Å²) in [5.41, 5.74) is 2.00. The summed E-state index contributed by atoms with van der Waals surface area (Å²) in [5, 5.41) is 0. The van der Waals surface area contributed by atoms with Gasteiger partial charge in [0, 0.05) is 6.07 Å². The SMILES string of the molecule is Fc1cc(OC2COC2)cc2c1CCC2. The number of halogens is 1. The molecule has 1 saturated heterocycles. The average molecular weight is 208 g/mol. The van der Waals surface area contributed by atoms with Gasteiger partial charge in [0.25, 0.3) is 0 Å². The molecule has 0 spiro atoms. The van der Waals surface area contributed by atoms with Gasteiger partial charge in [-0.1, -0.05) is 0 Å². The zero-order valence-electron chi connectivity index (χ0n) is 8.46. The van der Waals surface area contributed by atoms with Crippen LogP contribution in [-0.4, -0.2) is 19.3 Å². The molecule has 0 amide bonds. The predicted molar refractivity (Wildman–Crippen MR) is 53.7 cm³/mol. The van der Waals surface area contributed by atoms with Crippen molar-refractivity contribution in [3.63, 3.8) is 0 Å². The van der Waals surface area contributed by atoms with E-state index in [4.69, 9.17) is 9.47 Å². The molecule has 1 aliphatic carbocycles. The van der Waals surface area contributed by atoms with Crippen LogP contribution in [0.4, 0.5) is 4.39 Å². The highest BCUT2D eigenvalue weighted by Gasteiger charge is 2.22. The smallest absolute Gasteiger partial charge is 0.145 e. The summed E-state index contributed by atoms with van der Waals surface area (Å²) in [6.45, 7) is 1.25. The second-order valence-corrected chi connectivity index (χ2v) is 4.17. The third-order valence-electron chi connectivity index (χ3n) is 3.04. The van der Waals surface area contributed by atoms with Crippen LogP contribution in [0.3, 0.4) is 0 Å². The van der Waals surface area contributed by atoms with E-state index in [1.807, 2.05) is 6.07 Å². The Balaban J connectivity index is 1.86. The van der Waals surface area contributed by atoms with E-state index in [1.165, 1.54) is 6.07 Å². The number of hydrogen-bond donors (Lipinski definition) is 0. The van der Waals surface area contributed by atoms with E-state index >= 15 is 0 Å². The van der Waals surface area contributed by atoms with Crippen molar-refractivity contribution in [3.8, 4) is 5.75 Å². The lowest BCUT2D eigenvalue weighted by molar-refractivity contribution is -0.0797. The van der Waals surface area contributed by atoms with Gasteiger partial charge in [0.2, 0.25) is 0 Å². The zero-order chi connectivity index (χ0) is 10.3. The highest BCUT2D eigenvalue weighted by atomic mass is 19.1. The quantitative estimate of drug-likeness (QED) is 0.741. The maximum absolute atomic E-state index is 13.6. The Bertz CT molecular complexity index is 385. The lowest BCUT2D eigenvalue weighted by Crippen LogP contribution is -2.38. The van der Waals surface area contributed by atoms with Crippen LogP contribution in [0.2, 0.25) is 0 Å². The summed E-state index contributed by atoms with van der Waals surface area (Å²) in [6.07, 6.45) is 3.02. The molecule has 0 unspecified atom stereocenters. The first kappa shape index (κ1) is 9.16. The van der Waals surface area contributed by atoms with Crippen molar-refractivity contribution in [2.75, 3.05) is 13.2 Å². The molecule has 1 heterocycles. The molecule has 3 rings (SSSR count). The third-order valence-corrected chi connectivity index (χ3v) is 3.04. The lowest BCUT2D eigenvalue weighted by Gasteiger charge is -2.27. The number of ether oxygens (including phenoxy) is 2. The topological polar surface area (TPSA) is 18.5 Å². The van der Waals surface area contributed by atoms with E-state index in [0.717, 1.165) is 30.4 Å². The van der Waals surface area contributed by atoms with Crippen molar-refractivity contribution in [1.82, 2.24) is 0 Å². The van der Waals surface area contributed by atoms with Gasteiger partial charge in [0.15, 0.2) is 0 Å². The summed E-state index contributed by atoms with van der Waals surface area (Å²) in [5.74, 6) is 0.543. The molecule has 3 heteroatoms. The average Bonchev–Trinajstić information content (AvgIpc) is 2.59. The molecule has 0 N–H and O–H groups in total. The fourth-order valence-electron chi connectivity index (χ4n) is 2.17. The first-order chi connectivity index (χ1) is 7.33. The second kappa shape index (κ2) is 3.49. The molecule has 2 aliphatic rings. The molecular weight excluding hydrogens is 195 g/mol. The van der Waals surface area contributed by atoms with Crippen LogP contribution in [0.5, 0.6) is 5.75 Å². The van der Waals surface area contributed by atoms with Crippen molar-refractivity contribution in [2.24, 2.45) is 0 Å². The summed E-state index contributed by atoms with van der Waals surface area (Å²) in [4.78, 5) is 0. The Hall–Kier alpha value is -1.09. The second-order valence-electron chi connectivity index (χ2n) is 4.17. The molecule has 0 bridgehead atoms. The molecule has 2 nitrogen and oxygen atoms in total. The summed E-state index contributed by atoms with van der Waals surface area (Å²) in [7, 11) is 0. The van der Waals surface area contributed by atoms with Crippen molar-refractivity contribution >= 4 is 0 Å². The van der Waals surface area contributed by atoms with Crippen LogP contribution >= 0.6 is 0 Å². The van der Waals surface area contributed by atoms with Crippen molar-refractivity contribution in [3.05, 3.63) is 29.1 Å². The molecule has 0 radical (unpaired) electrons. The summed E-state index contributed by atoms with van der Waals surface area (Å²) in [6, 6.07) is 3.48. The zero-order valence-corrected chi connectivity index (χ0v) is 8.46. The Morgan fingerprint density at radius 1 is 1.27 bits per heavy atom. The van der Waals surface area contributed by atoms with Gasteiger partial charge in [0.05, 0.1) is 13.2 Å². The minimum atomic E-state index is -0.111. The number of fused-ring (bicyclic) bond motifs is 1. The maximum atomic E-state index is 13.6. The Morgan fingerprint density at radius 2 is 2.13 bits per heavy atom. The summed E-state index contributed by atoms with van der Waals surface area (Å²) >= 11 is 0. The molecule has 80 valence electrons. The van der Waals surface area contributed by atoms with Crippen LogP contribution in [0.1, 0.15) is 17.5 Å². The molecule has 1 fully saturated rings. The molecule has 1 aromatic carbocycles. The van der Waals surface area contributed by atoms with Gasteiger partial charge in [-0.25, -0.2) is 4.39 Å². The molecular formula is C12H13FO2. The number of rotatable bonds is 2. The van der Waals surface area contributed by atoms with E-state index in [9.17, 15) is 4.39 Å². The Labute approximate surface area is 88.0 Å². The fourth-order valence-corrected chi connectivity index (χ4v) is 2.17. The maximum Gasteiger partial charge on any atom is 0.145 e. The predicted octanol–water partition coefficient (Wildman–Crippen LogP) is 2.09. The minimum Gasteiger partial charge on any atom is -0.485 e. The minimum absolute atomic E-state index is 0.111. The fraction of sp³-hybridized carbons (Fsp3) is 0.500. The van der Waals surface area contributed by atoms with E-state index in [1.54, 1.807) is 0 Å². The Kier molecular flexibility index (Phi) is 2.13. The van der Waals surface area contributed by atoms with Crippen LogP contribution < -0.4 is 4.74 Å². The highest BCUT2D eigenvalue weighted by molar-refractivity contribution is 5.39. The largest absolute Gasteiger partial charge is 0.485 e. The van der Waals surface area contributed by atoms with Crippen LogP contribution in [0.25, 0.3) is 0 Å². The Morgan fingerprint density at radius 3 is 2.87 bits per heavy atom. The first-order valence-electron chi connectivity index (χ1n) is 5.38. The first-order valence-corrected chi connectivity index (χ1v) is 5.38. The monoisotopic (exact) mass is 208 g/mol. The number of aryl methyl sites for hydroxylation is 1. The van der Waals surface area contributed by atoms with Gasteiger partial charge in [-0.15, -0.1) is 0 Å². The molecule has 0 atom stereocenters. The van der Waals surface area contributed by atoms with Crippen molar-refractivity contribution in [2.45, 2.75) is 25.4 Å². The van der Waals surface area contributed by atoms with Gasteiger partial charge in [-0.3, -0.25) is 0 Å². The van der Waals surface area contributed by atoms with E-state index in [-0.39, 0.29) is 11.9 Å².